The molecule has 2 aromatic rings. The summed E-state index contributed by atoms with van der Waals surface area (Å²) in [5, 5.41) is 5.45. The molecule has 0 fully saturated rings. The minimum Gasteiger partial charge on any atom is -0.497 e. The Kier molecular flexibility index (Phi) is 3.82. The molecule has 0 aliphatic heterocycles. The molecular formula is C13H11N3O3. The van der Waals surface area contributed by atoms with Gasteiger partial charge in [-0.15, -0.1) is 4.91 Å². The van der Waals surface area contributed by atoms with Crippen LogP contribution in [0, 0.1) is 4.91 Å². The molecule has 19 heavy (non-hydrogen) atoms. The number of nitrogens with zero attached hydrogens (tertiary/aromatic N) is 2. The molecule has 0 aliphatic carbocycles. The van der Waals surface area contributed by atoms with Crippen LogP contribution >= 0.6 is 0 Å². The van der Waals surface area contributed by atoms with Gasteiger partial charge in [-0.3, -0.25) is 9.78 Å². The van der Waals surface area contributed by atoms with Gasteiger partial charge < -0.3 is 10.1 Å². The molecule has 1 heterocycles. The van der Waals surface area contributed by atoms with E-state index in [4.69, 9.17) is 4.74 Å². The van der Waals surface area contributed by atoms with Crippen molar-refractivity contribution in [2.45, 2.75) is 0 Å². The van der Waals surface area contributed by atoms with Crippen molar-refractivity contribution < 1.29 is 9.53 Å². The van der Waals surface area contributed by atoms with E-state index in [1.54, 1.807) is 24.4 Å². The van der Waals surface area contributed by atoms with Crippen LogP contribution in [0.2, 0.25) is 0 Å². The summed E-state index contributed by atoms with van der Waals surface area (Å²) in [4.78, 5) is 26.7. The van der Waals surface area contributed by atoms with Crippen molar-refractivity contribution in [1.29, 1.82) is 0 Å². The Balaban J connectivity index is 2.30. The fourth-order valence-corrected chi connectivity index (χ4v) is 1.54. The molecule has 2 rings (SSSR count). The van der Waals surface area contributed by atoms with E-state index in [0.29, 0.717) is 11.4 Å². The summed E-state index contributed by atoms with van der Waals surface area (Å²) >= 11 is 0. The number of nitrogens with one attached hydrogen (secondary N) is 1. The molecule has 0 saturated carbocycles. The number of benzene rings is 1. The summed E-state index contributed by atoms with van der Waals surface area (Å²) < 4.78 is 5.02. The molecule has 1 aromatic heterocycles. The molecule has 0 bridgehead atoms. The Morgan fingerprint density at radius 1 is 1.37 bits per heavy atom. The molecule has 0 aliphatic rings. The molecule has 6 nitrogen and oxygen atoms in total. The molecule has 0 spiro atoms. The second-order valence-electron chi connectivity index (χ2n) is 3.67. The van der Waals surface area contributed by atoms with Crippen molar-refractivity contribution in [2.24, 2.45) is 5.18 Å². The Labute approximate surface area is 109 Å². The number of carbonyl (C=O) groups is 1. The van der Waals surface area contributed by atoms with Gasteiger partial charge in [0.15, 0.2) is 0 Å². The van der Waals surface area contributed by atoms with Crippen LogP contribution < -0.4 is 10.1 Å². The van der Waals surface area contributed by atoms with Crippen molar-refractivity contribution in [3.05, 3.63) is 53.2 Å². The van der Waals surface area contributed by atoms with Crippen molar-refractivity contribution in [1.82, 2.24) is 4.98 Å². The molecule has 1 amide bonds. The first-order valence-electron chi connectivity index (χ1n) is 5.47. The van der Waals surface area contributed by atoms with E-state index in [2.05, 4.69) is 15.5 Å². The predicted octanol–water partition coefficient (Wildman–Crippen LogP) is 2.74. The molecule has 0 saturated heterocycles. The first-order valence-corrected chi connectivity index (χ1v) is 5.47. The zero-order valence-electron chi connectivity index (χ0n) is 10.2. The minimum atomic E-state index is -0.443. The standard InChI is InChI=1S/C13H11N3O3/c1-19-10-4-5-12(16-18)11(7-10)13(17)15-9-3-2-6-14-8-9/h2-8H,1H3,(H,15,17). The zero-order valence-corrected chi connectivity index (χ0v) is 10.2. The average molecular weight is 257 g/mol. The molecule has 6 heteroatoms. The highest BCUT2D eigenvalue weighted by Crippen LogP contribution is 2.25. The highest BCUT2D eigenvalue weighted by Gasteiger charge is 2.13. The summed E-state index contributed by atoms with van der Waals surface area (Å²) in [5.41, 5.74) is 0.743. The molecule has 1 N–H and O–H groups in total. The number of aromatic nitrogens is 1. The summed E-state index contributed by atoms with van der Waals surface area (Å²) in [6, 6.07) is 7.85. The van der Waals surface area contributed by atoms with Gasteiger partial charge in [0.1, 0.15) is 11.4 Å². The van der Waals surface area contributed by atoms with Crippen LogP contribution in [0.3, 0.4) is 0 Å². The fraction of sp³-hybridized carbons (Fsp3) is 0.0769. The van der Waals surface area contributed by atoms with Crippen LogP contribution in [0.5, 0.6) is 5.75 Å². The maximum Gasteiger partial charge on any atom is 0.258 e. The SMILES string of the molecule is COc1ccc(N=O)c(C(=O)Nc2cccnc2)c1. The van der Waals surface area contributed by atoms with Gasteiger partial charge in [0, 0.05) is 6.20 Å². The topological polar surface area (TPSA) is 80.6 Å². The van der Waals surface area contributed by atoms with Crippen molar-refractivity contribution in [3.63, 3.8) is 0 Å². The van der Waals surface area contributed by atoms with E-state index in [1.807, 2.05) is 0 Å². The van der Waals surface area contributed by atoms with Crippen LogP contribution in [0.1, 0.15) is 10.4 Å². The lowest BCUT2D eigenvalue weighted by atomic mass is 10.1. The Morgan fingerprint density at radius 2 is 2.21 bits per heavy atom. The first kappa shape index (κ1) is 12.7. The number of hydrogen-bond acceptors (Lipinski definition) is 5. The second kappa shape index (κ2) is 5.72. The van der Waals surface area contributed by atoms with Gasteiger partial charge in [-0.25, -0.2) is 0 Å². The summed E-state index contributed by atoms with van der Waals surface area (Å²) in [6.45, 7) is 0. The van der Waals surface area contributed by atoms with E-state index in [1.165, 1.54) is 25.4 Å². The molecule has 96 valence electrons. The van der Waals surface area contributed by atoms with Gasteiger partial charge in [-0.1, -0.05) is 0 Å². The van der Waals surface area contributed by atoms with Crippen molar-refractivity contribution in [3.8, 4) is 5.75 Å². The van der Waals surface area contributed by atoms with Crippen LogP contribution in [0.15, 0.2) is 47.9 Å². The monoisotopic (exact) mass is 257 g/mol. The number of carbonyl (C=O) groups excluding carboxylic acids is 1. The third kappa shape index (κ3) is 2.92. The summed E-state index contributed by atoms with van der Waals surface area (Å²) in [6.07, 6.45) is 3.10. The lowest BCUT2D eigenvalue weighted by molar-refractivity contribution is 0.102. The van der Waals surface area contributed by atoms with Gasteiger partial charge >= 0.3 is 0 Å². The van der Waals surface area contributed by atoms with Crippen molar-refractivity contribution in [2.75, 3.05) is 12.4 Å². The van der Waals surface area contributed by atoms with Crippen LogP contribution in [0.25, 0.3) is 0 Å². The summed E-state index contributed by atoms with van der Waals surface area (Å²) in [7, 11) is 1.48. The lowest BCUT2D eigenvalue weighted by Gasteiger charge is -2.07. The number of nitroso groups, excluding NO2 is 1. The second-order valence-corrected chi connectivity index (χ2v) is 3.67. The van der Waals surface area contributed by atoms with Gasteiger partial charge in [0.2, 0.25) is 0 Å². The predicted molar refractivity (Wildman–Crippen MR) is 70.6 cm³/mol. The minimum absolute atomic E-state index is 0.0576. The normalized spacial score (nSPS) is 9.74. The third-order valence-corrected chi connectivity index (χ3v) is 2.47. The molecule has 0 radical (unpaired) electrons. The number of methoxy groups -OCH3 is 1. The van der Waals surface area contributed by atoms with Gasteiger partial charge in [0.05, 0.1) is 24.6 Å². The highest BCUT2D eigenvalue weighted by molar-refractivity contribution is 6.07. The Bertz CT molecular complexity index is 599. The van der Waals surface area contributed by atoms with E-state index in [-0.39, 0.29) is 11.3 Å². The van der Waals surface area contributed by atoms with Crippen LogP contribution in [0.4, 0.5) is 11.4 Å². The summed E-state index contributed by atoms with van der Waals surface area (Å²) in [5.74, 6) is 0.0326. The number of pyridine rings is 1. The van der Waals surface area contributed by atoms with Crippen LogP contribution in [-0.4, -0.2) is 18.0 Å². The highest BCUT2D eigenvalue weighted by atomic mass is 16.5. The first-order chi connectivity index (χ1) is 9.24. The quantitative estimate of drug-likeness (QED) is 0.854. The van der Waals surface area contributed by atoms with E-state index in [9.17, 15) is 9.70 Å². The number of hydrogen-bond donors (Lipinski definition) is 1. The molecule has 1 aromatic carbocycles. The van der Waals surface area contributed by atoms with Gasteiger partial charge in [-0.2, -0.15) is 0 Å². The van der Waals surface area contributed by atoms with Gasteiger partial charge in [-0.05, 0) is 35.5 Å². The number of rotatable bonds is 4. The zero-order chi connectivity index (χ0) is 13.7. The van der Waals surface area contributed by atoms with E-state index >= 15 is 0 Å². The number of ether oxygens (including phenoxy) is 1. The van der Waals surface area contributed by atoms with E-state index < -0.39 is 5.91 Å². The number of amides is 1. The fourth-order valence-electron chi connectivity index (χ4n) is 1.54. The van der Waals surface area contributed by atoms with Crippen LogP contribution in [-0.2, 0) is 0 Å². The largest absolute Gasteiger partial charge is 0.497 e. The molecule has 0 atom stereocenters. The van der Waals surface area contributed by atoms with Gasteiger partial charge in [0.25, 0.3) is 5.91 Å². The maximum atomic E-state index is 12.1. The average Bonchev–Trinajstić information content (AvgIpc) is 2.47. The third-order valence-electron chi connectivity index (χ3n) is 2.47. The Morgan fingerprint density at radius 3 is 2.84 bits per heavy atom. The lowest BCUT2D eigenvalue weighted by Crippen LogP contribution is -2.12. The molecular weight excluding hydrogens is 246 g/mol. The smallest absolute Gasteiger partial charge is 0.258 e. The Hall–Kier alpha value is -2.76. The van der Waals surface area contributed by atoms with Crippen molar-refractivity contribution >= 4 is 17.3 Å². The van der Waals surface area contributed by atoms with E-state index in [0.717, 1.165) is 0 Å². The maximum absolute atomic E-state index is 12.1. The number of anilines is 1. The molecule has 0 unspecified atom stereocenters.